The van der Waals surface area contributed by atoms with E-state index >= 15 is 0 Å². The summed E-state index contributed by atoms with van der Waals surface area (Å²) in [6, 6.07) is 7.64. The third-order valence-corrected chi connectivity index (χ3v) is 3.43. The summed E-state index contributed by atoms with van der Waals surface area (Å²) in [5, 5.41) is 9.72. The SMILES string of the molecule is CCC(O)c1ccc(OCC2CN(C)CCO2)cc1. The van der Waals surface area contributed by atoms with E-state index in [0.29, 0.717) is 6.61 Å². The standard InChI is InChI=1S/C15H23NO3/c1-3-15(17)12-4-6-13(7-5-12)19-11-14-10-16(2)8-9-18-14/h4-7,14-15,17H,3,8-11H2,1-2H3. The molecule has 1 aromatic rings. The summed E-state index contributed by atoms with van der Waals surface area (Å²) in [6.45, 7) is 5.20. The van der Waals surface area contributed by atoms with E-state index in [1.54, 1.807) is 0 Å². The highest BCUT2D eigenvalue weighted by molar-refractivity contribution is 5.28. The fourth-order valence-electron chi connectivity index (χ4n) is 2.18. The van der Waals surface area contributed by atoms with Crippen molar-refractivity contribution in [2.24, 2.45) is 0 Å². The van der Waals surface area contributed by atoms with Crippen molar-refractivity contribution in [3.63, 3.8) is 0 Å². The van der Waals surface area contributed by atoms with Crippen molar-refractivity contribution in [1.82, 2.24) is 4.90 Å². The molecular weight excluding hydrogens is 242 g/mol. The van der Waals surface area contributed by atoms with Crippen molar-refractivity contribution in [3.05, 3.63) is 29.8 Å². The number of hydrogen-bond acceptors (Lipinski definition) is 4. The van der Waals surface area contributed by atoms with Crippen LogP contribution in [0.2, 0.25) is 0 Å². The number of aliphatic hydroxyl groups excluding tert-OH is 1. The molecule has 2 unspecified atom stereocenters. The molecule has 1 aliphatic heterocycles. The highest BCUT2D eigenvalue weighted by Crippen LogP contribution is 2.20. The Bertz CT molecular complexity index is 379. The Balaban J connectivity index is 1.82. The number of likely N-dealkylation sites (N-methyl/N-ethyl adjacent to an activating group) is 1. The van der Waals surface area contributed by atoms with Gasteiger partial charge in [0.2, 0.25) is 0 Å². The van der Waals surface area contributed by atoms with Crippen molar-refractivity contribution in [2.45, 2.75) is 25.6 Å². The molecule has 0 bridgehead atoms. The van der Waals surface area contributed by atoms with Gasteiger partial charge in [0.1, 0.15) is 18.5 Å². The molecule has 0 aromatic heterocycles. The van der Waals surface area contributed by atoms with Crippen LogP contribution in [0, 0.1) is 0 Å². The normalized spacial score (nSPS) is 22.2. The van der Waals surface area contributed by atoms with Crippen LogP contribution in [-0.2, 0) is 4.74 Å². The van der Waals surface area contributed by atoms with Crippen LogP contribution in [0.4, 0.5) is 0 Å². The molecule has 1 N–H and O–H groups in total. The fraction of sp³-hybridized carbons (Fsp3) is 0.600. The molecule has 0 aliphatic carbocycles. The lowest BCUT2D eigenvalue weighted by Crippen LogP contribution is -2.42. The molecule has 1 fully saturated rings. The van der Waals surface area contributed by atoms with Gasteiger partial charge in [-0.1, -0.05) is 19.1 Å². The van der Waals surface area contributed by atoms with Gasteiger partial charge in [-0.3, -0.25) is 0 Å². The van der Waals surface area contributed by atoms with Crippen molar-refractivity contribution >= 4 is 0 Å². The first-order chi connectivity index (χ1) is 9.19. The summed E-state index contributed by atoms with van der Waals surface area (Å²) in [4.78, 5) is 2.25. The Morgan fingerprint density at radius 3 is 2.79 bits per heavy atom. The van der Waals surface area contributed by atoms with E-state index in [9.17, 15) is 5.11 Å². The largest absolute Gasteiger partial charge is 0.491 e. The Labute approximate surface area is 114 Å². The van der Waals surface area contributed by atoms with Gasteiger partial charge in [-0.25, -0.2) is 0 Å². The monoisotopic (exact) mass is 265 g/mol. The highest BCUT2D eigenvalue weighted by atomic mass is 16.5. The smallest absolute Gasteiger partial charge is 0.119 e. The van der Waals surface area contributed by atoms with Crippen LogP contribution in [0.3, 0.4) is 0 Å². The molecular formula is C15H23NO3. The van der Waals surface area contributed by atoms with Gasteiger partial charge in [0.15, 0.2) is 0 Å². The van der Waals surface area contributed by atoms with Crippen LogP contribution in [0.1, 0.15) is 25.0 Å². The maximum absolute atomic E-state index is 9.72. The first-order valence-electron chi connectivity index (χ1n) is 6.90. The van der Waals surface area contributed by atoms with Crippen LogP contribution in [-0.4, -0.2) is 49.5 Å². The summed E-state index contributed by atoms with van der Waals surface area (Å²) in [7, 11) is 2.09. The van der Waals surface area contributed by atoms with Crippen LogP contribution in [0.5, 0.6) is 5.75 Å². The predicted molar refractivity (Wildman–Crippen MR) is 74.4 cm³/mol. The zero-order valence-electron chi connectivity index (χ0n) is 11.7. The molecule has 4 heteroatoms. The first-order valence-corrected chi connectivity index (χ1v) is 6.90. The lowest BCUT2D eigenvalue weighted by Gasteiger charge is -2.29. The van der Waals surface area contributed by atoms with Gasteiger partial charge in [-0.05, 0) is 31.2 Å². The molecule has 106 valence electrons. The van der Waals surface area contributed by atoms with Gasteiger partial charge in [0, 0.05) is 13.1 Å². The molecule has 0 spiro atoms. The van der Waals surface area contributed by atoms with Gasteiger partial charge in [0.05, 0.1) is 12.7 Å². The fourth-order valence-corrected chi connectivity index (χ4v) is 2.18. The minimum absolute atomic E-state index is 0.139. The molecule has 1 saturated heterocycles. The van der Waals surface area contributed by atoms with E-state index in [0.717, 1.165) is 37.4 Å². The number of aliphatic hydroxyl groups is 1. The average Bonchev–Trinajstić information content (AvgIpc) is 2.45. The second kappa shape index (κ2) is 6.89. The van der Waals surface area contributed by atoms with Gasteiger partial charge in [0.25, 0.3) is 0 Å². The molecule has 4 nitrogen and oxygen atoms in total. The zero-order chi connectivity index (χ0) is 13.7. The predicted octanol–water partition coefficient (Wildman–Crippen LogP) is 1.84. The van der Waals surface area contributed by atoms with Gasteiger partial charge >= 0.3 is 0 Å². The third kappa shape index (κ3) is 4.20. The Morgan fingerprint density at radius 1 is 1.42 bits per heavy atom. The topological polar surface area (TPSA) is 41.9 Å². The van der Waals surface area contributed by atoms with Gasteiger partial charge < -0.3 is 19.5 Å². The van der Waals surface area contributed by atoms with Crippen LogP contribution in [0.25, 0.3) is 0 Å². The number of morpholine rings is 1. The first kappa shape index (κ1) is 14.3. The van der Waals surface area contributed by atoms with E-state index in [-0.39, 0.29) is 12.2 Å². The third-order valence-electron chi connectivity index (χ3n) is 3.43. The summed E-state index contributed by atoms with van der Waals surface area (Å²) in [5.74, 6) is 0.823. The number of nitrogens with zero attached hydrogens (tertiary/aromatic N) is 1. The zero-order valence-corrected chi connectivity index (χ0v) is 11.7. The number of hydrogen-bond donors (Lipinski definition) is 1. The minimum Gasteiger partial charge on any atom is -0.491 e. The highest BCUT2D eigenvalue weighted by Gasteiger charge is 2.18. The Morgan fingerprint density at radius 2 is 2.16 bits per heavy atom. The van der Waals surface area contributed by atoms with Crippen LogP contribution < -0.4 is 4.74 Å². The van der Waals surface area contributed by atoms with E-state index in [4.69, 9.17) is 9.47 Å². The summed E-state index contributed by atoms with van der Waals surface area (Å²) in [5.41, 5.74) is 0.934. The molecule has 2 atom stereocenters. The molecule has 0 saturated carbocycles. The quantitative estimate of drug-likeness (QED) is 0.882. The van der Waals surface area contributed by atoms with E-state index in [1.165, 1.54) is 0 Å². The summed E-state index contributed by atoms with van der Waals surface area (Å²) < 4.78 is 11.4. The number of benzene rings is 1. The molecule has 1 aromatic carbocycles. The second-order valence-corrected chi connectivity index (χ2v) is 5.06. The lowest BCUT2D eigenvalue weighted by atomic mass is 10.1. The van der Waals surface area contributed by atoms with Gasteiger partial charge in [-0.2, -0.15) is 0 Å². The van der Waals surface area contributed by atoms with Crippen LogP contribution in [0.15, 0.2) is 24.3 Å². The summed E-state index contributed by atoms with van der Waals surface area (Å²) in [6.07, 6.45) is 0.478. The molecule has 1 aliphatic rings. The molecule has 2 rings (SSSR count). The molecule has 0 radical (unpaired) electrons. The molecule has 1 heterocycles. The van der Waals surface area contributed by atoms with E-state index < -0.39 is 0 Å². The summed E-state index contributed by atoms with van der Waals surface area (Å²) >= 11 is 0. The van der Waals surface area contributed by atoms with E-state index in [1.807, 2.05) is 31.2 Å². The number of rotatable bonds is 5. The lowest BCUT2D eigenvalue weighted by molar-refractivity contribution is -0.0403. The van der Waals surface area contributed by atoms with Crippen molar-refractivity contribution in [1.29, 1.82) is 0 Å². The molecule has 19 heavy (non-hydrogen) atoms. The number of ether oxygens (including phenoxy) is 2. The Kier molecular flexibility index (Phi) is 5.19. The molecule has 0 amide bonds. The van der Waals surface area contributed by atoms with Crippen molar-refractivity contribution in [3.8, 4) is 5.75 Å². The Hall–Kier alpha value is -1.10. The minimum atomic E-state index is -0.385. The van der Waals surface area contributed by atoms with Gasteiger partial charge in [-0.15, -0.1) is 0 Å². The van der Waals surface area contributed by atoms with Crippen molar-refractivity contribution in [2.75, 3.05) is 33.4 Å². The average molecular weight is 265 g/mol. The second-order valence-electron chi connectivity index (χ2n) is 5.06. The van der Waals surface area contributed by atoms with Crippen LogP contribution >= 0.6 is 0 Å². The van der Waals surface area contributed by atoms with E-state index in [2.05, 4.69) is 11.9 Å². The maximum Gasteiger partial charge on any atom is 0.119 e. The maximum atomic E-state index is 9.72. The van der Waals surface area contributed by atoms with Crippen molar-refractivity contribution < 1.29 is 14.6 Å².